The van der Waals surface area contributed by atoms with Gasteiger partial charge in [0.05, 0.1) is 0 Å². The first kappa shape index (κ1) is 17.0. The van der Waals surface area contributed by atoms with Crippen LogP contribution in [0.25, 0.3) is 0 Å². The molecule has 1 N–H and O–H groups in total. The van der Waals surface area contributed by atoms with Gasteiger partial charge < -0.3 is 10.1 Å². The summed E-state index contributed by atoms with van der Waals surface area (Å²) in [6, 6.07) is 9.06. The molecule has 20 heavy (non-hydrogen) atoms. The quantitative estimate of drug-likeness (QED) is 0.712. The summed E-state index contributed by atoms with van der Waals surface area (Å²) in [5.74, 6) is 1.62. The zero-order valence-electron chi connectivity index (χ0n) is 14.0. The Morgan fingerprint density at radius 2 is 1.70 bits per heavy atom. The van der Waals surface area contributed by atoms with Crippen molar-refractivity contribution in [2.45, 2.75) is 59.4 Å². The summed E-state index contributed by atoms with van der Waals surface area (Å²) in [7, 11) is 0. The smallest absolute Gasteiger partial charge is 0.119 e. The van der Waals surface area contributed by atoms with Crippen LogP contribution in [0.4, 0.5) is 0 Å². The predicted octanol–water partition coefficient (Wildman–Crippen LogP) is 4.39. The summed E-state index contributed by atoms with van der Waals surface area (Å²) in [5.41, 5.74) is 1.62. The van der Waals surface area contributed by atoms with E-state index in [2.05, 4.69) is 71.1 Å². The van der Waals surface area contributed by atoms with Crippen LogP contribution in [0.3, 0.4) is 0 Å². The van der Waals surface area contributed by atoms with Gasteiger partial charge in [0.25, 0.3) is 0 Å². The Bertz CT molecular complexity index is 381. The Hall–Kier alpha value is -1.02. The van der Waals surface area contributed by atoms with Crippen molar-refractivity contribution < 1.29 is 4.74 Å². The highest BCUT2D eigenvalue weighted by Crippen LogP contribution is 2.27. The van der Waals surface area contributed by atoms with Gasteiger partial charge in [-0.2, -0.15) is 0 Å². The van der Waals surface area contributed by atoms with Crippen molar-refractivity contribution in [2.75, 3.05) is 13.2 Å². The van der Waals surface area contributed by atoms with Crippen LogP contribution in [-0.4, -0.2) is 19.2 Å². The fourth-order valence-electron chi connectivity index (χ4n) is 1.90. The lowest BCUT2D eigenvalue weighted by atomic mass is 9.82. The molecule has 1 aromatic carbocycles. The van der Waals surface area contributed by atoms with E-state index in [1.165, 1.54) is 5.56 Å². The molecule has 0 aliphatic heterocycles. The van der Waals surface area contributed by atoms with Gasteiger partial charge in [-0.3, -0.25) is 0 Å². The Kier molecular flexibility index (Phi) is 6.54. The number of rotatable bonds is 8. The van der Waals surface area contributed by atoms with E-state index in [-0.39, 0.29) is 5.41 Å². The van der Waals surface area contributed by atoms with Gasteiger partial charge >= 0.3 is 0 Å². The second-order valence-corrected chi connectivity index (χ2v) is 6.60. The van der Waals surface area contributed by atoms with Gasteiger partial charge in [-0.1, -0.05) is 46.8 Å². The van der Waals surface area contributed by atoms with Gasteiger partial charge in [-0.15, -0.1) is 0 Å². The fourth-order valence-corrected chi connectivity index (χ4v) is 1.90. The molecule has 0 aliphatic rings. The highest BCUT2D eigenvalue weighted by atomic mass is 16.5. The maximum Gasteiger partial charge on any atom is 0.119 e. The van der Waals surface area contributed by atoms with Crippen LogP contribution in [0.1, 0.15) is 53.5 Å². The molecule has 0 bridgehead atoms. The Labute approximate surface area is 124 Å². The molecule has 0 fully saturated rings. The number of benzene rings is 1. The second-order valence-electron chi connectivity index (χ2n) is 6.60. The van der Waals surface area contributed by atoms with Crippen molar-refractivity contribution in [3.8, 4) is 5.75 Å². The van der Waals surface area contributed by atoms with Crippen molar-refractivity contribution in [1.29, 1.82) is 0 Å². The molecule has 0 aromatic heterocycles. The lowest BCUT2D eigenvalue weighted by Gasteiger charge is -2.23. The molecule has 1 unspecified atom stereocenters. The first-order valence-electron chi connectivity index (χ1n) is 7.83. The van der Waals surface area contributed by atoms with Crippen LogP contribution in [0, 0.1) is 5.92 Å². The van der Waals surface area contributed by atoms with Gasteiger partial charge in [-0.05, 0) is 42.4 Å². The van der Waals surface area contributed by atoms with Crippen molar-refractivity contribution in [2.24, 2.45) is 5.92 Å². The summed E-state index contributed by atoms with van der Waals surface area (Å²) >= 11 is 0. The summed E-state index contributed by atoms with van der Waals surface area (Å²) in [6.07, 6.45) is 1.14. The molecule has 1 rings (SSSR count). The van der Waals surface area contributed by atoms with Crippen LogP contribution in [0.2, 0.25) is 0 Å². The van der Waals surface area contributed by atoms with E-state index in [1.807, 2.05) is 0 Å². The van der Waals surface area contributed by atoms with E-state index in [9.17, 15) is 0 Å². The van der Waals surface area contributed by atoms with Crippen LogP contribution in [0.5, 0.6) is 5.75 Å². The molecule has 0 radical (unpaired) electrons. The van der Waals surface area contributed by atoms with Crippen molar-refractivity contribution >= 4 is 0 Å². The maximum atomic E-state index is 5.77. The van der Waals surface area contributed by atoms with E-state index in [4.69, 9.17) is 4.74 Å². The topological polar surface area (TPSA) is 21.3 Å². The minimum atomic E-state index is 0.243. The van der Waals surface area contributed by atoms with Crippen molar-refractivity contribution in [3.63, 3.8) is 0 Å². The van der Waals surface area contributed by atoms with Crippen LogP contribution in [-0.2, 0) is 5.41 Å². The molecule has 0 spiro atoms. The zero-order valence-corrected chi connectivity index (χ0v) is 14.0. The minimum absolute atomic E-state index is 0.243. The standard InChI is InChI=1S/C18H31NO/c1-7-18(5,6)16-8-10-17(11-9-16)20-13-12-19-15(4)14(2)3/h8-11,14-15,19H,7,12-13H2,1-6H3. The highest BCUT2D eigenvalue weighted by Gasteiger charge is 2.17. The lowest BCUT2D eigenvalue weighted by Crippen LogP contribution is -2.33. The highest BCUT2D eigenvalue weighted by molar-refractivity contribution is 5.31. The monoisotopic (exact) mass is 277 g/mol. The van der Waals surface area contributed by atoms with Gasteiger partial charge in [0.1, 0.15) is 12.4 Å². The molecule has 2 heteroatoms. The average molecular weight is 277 g/mol. The first-order chi connectivity index (χ1) is 9.36. The number of hydrogen-bond acceptors (Lipinski definition) is 2. The van der Waals surface area contributed by atoms with E-state index in [0.29, 0.717) is 18.6 Å². The van der Waals surface area contributed by atoms with E-state index < -0.39 is 0 Å². The third-order valence-electron chi connectivity index (χ3n) is 4.36. The largest absolute Gasteiger partial charge is 0.492 e. The zero-order chi connectivity index (χ0) is 15.2. The molecule has 0 amide bonds. The van der Waals surface area contributed by atoms with E-state index >= 15 is 0 Å². The first-order valence-corrected chi connectivity index (χ1v) is 7.83. The molecular formula is C18H31NO. The SMILES string of the molecule is CCC(C)(C)c1ccc(OCCNC(C)C(C)C)cc1. The lowest BCUT2D eigenvalue weighted by molar-refractivity contribution is 0.296. The van der Waals surface area contributed by atoms with Crippen molar-refractivity contribution in [1.82, 2.24) is 5.32 Å². The molecule has 0 saturated carbocycles. The van der Waals surface area contributed by atoms with Crippen LogP contribution < -0.4 is 10.1 Å². The number of ether oxygens (including phenoxy) is 1. The molecule has 0 aliphatic carbocycles. The van der Waals surface area contributed by atoms with E-state index in [0.717, 1.165) is 18.7 Å². The molecular weight excluding hydrogens is 246 g/mol. The third kappa shape index (κ3) is 5.16. The molecule has 0 heterocycles. The number of nitrogens with one attached hydrogen (secondary N) is 1. The molecule has 2 nitrogen and oxygen atoms in total. The Morgan fingerprint density at radius 3 is 2.20 bits per heavy atom. The summed E-state index contributed by atoms with van der Waals surface area (Å²) in [6.45, 7) is 15.1. The normalized spacial score (nSPS) is 13.6. The summed E-state index contributed by atoms with van der Waals surface area (Å²) in [4.78, 5) is 0. The van der Waals surface area contributed by atoms with Crippen molar-refractivity contribution in [3.05, 3.63) is 29.8 Å². The van der Waals surface area contributed by atoms with E-state index in [1.54, 1.807) is 0 Å². The van der Waals surface area contributed by atoms with Crippen LogP contribution >= 0.6 is 0 Å². The van der Waals surface area contributed by atoms with Gasteiger partial charge in [0.15, 0.2) is 0 Å². The predicted molar refractivity (Wildman–Crippen MR) is 87.6 cm³/mol. The molecule has 1 aromatic rings. The van der Waals surface area contributed by atoms with Gasteiger partial charge in [0, 0.05) is 12.6 Å². The maximum absolute atomic E-state index is 5.77. The molecule has 1 atom stereocenters. The van der Waals surface area contributed by atoms with Crippen LogP contribution in [0.15, 0.2) is 24.3 Å². The Balaban J connectivity index is 2.39. The van der Waals surface area contributed by atoms with Gasteiger partial charge in [0.2, 0.25) is 0 Å². The minimum Gasteiger partial charge on any atom is -0.492 e. The summed E-state index contributed by atoms with van der Waals surface area (Å²) < 4.78 is 5.77. The second kappa shape index (κ2) is 7.68. The third-order valence-corrected chi connectivity index (χ3v) is 4.36. The molecule has 0 saturated heterocycles. The number of hydrogen-bond donors (Lipinski definition) is 1. The fraction of sp³-hybridized carbons (Fsp3) is 0.667. The van der Waals surface area contributed by atoms with Gasteiger partial charge in [-0.25, -0.2) is 0 Å². The Morgan fingerprint density at radius 1 is 1.10 bits per heavy atom. The molecule has 114 valence electrons. The summed E-state index contributed by atoms with van der Waals surface area (Å²) in [5, 5.41) is 3.47. The average Bonchev–Trinajstić information content (AvgIpc) is 2.43.